The van der Waals surface area contributed by atoms with E-state index < -0.39 is 0 Å². The third kappa shape index (κ3) is 5.78. The molecule has 0 bridgehead atoms. The van der Waals surface area contributed by atoms with E-state index in [-0.39, 0.29) is 12.7 Å². The first kappa shape index (κ1) is 15.6. The van der Waals surface area contributed by atoms with Crippen LogP contribution >= 0.6 is 0 Å². The van der Waals surface area contributed by atoms with Crippen molar-refractivity contribution in [2.24, 2.45) is 5.92 Å². The summed E-state index contributed by atoms with van der Waals surface area (Å²) < 4.78 is 5.48. The average molecular weight is 261 g/mol. The van der Waals surface area contributed by atoms with Crippen molar-refractivity contribution in [2.75, 3.05) is 13.2 Å². The zero-order valence-corrected chi connectivity index (χ0v) is 11.7. The predicted molar refractivity (Wildman–Crippen MR) is 77.9 cm³/mol. The fraction of sp³-hybridized carbons (Fsp3) is 0.500. The molecule has 0 radical (unpaired) electrons. The zero-order valence-electron chi connectivity index (χ0n) is 11.7. The molecule has 3 heteroatoms. The minimum Gasteiger partial charge on any atom is -0.481 e. The first-order valence-corrected chi connectivity index (χ1v) is 6.68. The number of hydrogen-bond acceptors (Lipinski definition) is 3. The van der Waals surface area contributed by atoms with Crippen molar-refractivity contribution < 1.29 is 9.84 Å². The third-order valence-corrected chi connectivity index (χ3v) is 2.99. The second kappa shape index (κ2) is 8.58. The van der Waals surface area contributed by atoms with E-state index in [0.29, 0.717) is 12.5 Å². The Bertz CT molecular complexity index is 409. The van der Waals surface area contributed by atoms with E-state index >= 15 is 0 Å². The Morgan fingerprint density at radius 1 is 1.37 bits per heavy atom. The van der Waals surface area contributed by atoms with Gasteiger partial charge in [0.25, 0.3) is 0 Å². The van der Waals surface area contributed by atoms with E-state index in [0.717, 1.165) is 24.3 Å². The van der Waals surface area contributed by atoms with Gasteiger partial charge < -0.3 is 15.2 Å². The Labute approximate surface area is 116 Å². The molecule has 0 aliphatic heterocycles. The number of ether oxygens (including phenoxy) is 1. The van der Waals surface area contributed by atoms with Crippen LogP contribution in [0.3, 0.4) is 0 Å². The molecule has 1 atom stereocenters. The first-order chi connectivity index (χ1) is 9.15. The maximum absolute atomic E-state index is 9.71. The second-order valence-electron chi connectivity index (χ2n) is 4.88. The number of benzene rings is 1. The molecule has 1 aromatic rings. The first-order valence-electron chi connectivity index (χ1n) is 6.68. The fourth-order valence-electron chi connectivity index (χ4n) is 1.72. The van der Waals surface area contributed by atoms with E-state index in [4.69, 9.17) is 11.2 Å². The Hall–Kier alpha value is -1.50. The summed E-state index contributed by atoms with van der Waals surface area (Å²) in [7, 11) is 0. The van der Waals surface area contributed by atoms with Gasteiger partial charge in [0, 0.05) is 12.1 Å². The lowest BCUT2D eigenvalue weighted by Crippen LogP contribution is -2.23. The Kier molecular flexibility index (Phi) is 7.02. The molecule has 1 aromatic carbocycles. The molecule has 1 rings (SSSR count). The summed E-state index contributed by atoms with van der Waals surface area (Å²) in [6.45, 7) is 5.82. The number of nitrogens with one attached hydrogen (secondary N) is 1. The Balaban J connectivity index is 2.38. The quantitative estimate of drug-likeness (QED) is 0.557. The lowest BCUT2D eigenvalue weighted by atomic mass is 10.0. The van der Waals surface area contributed by atoms with Gasteiger partial charge in [0.2, 0.25) is 0 Å². The van der Waals surface area contributed by atoms with Crippen LogP contribution in [-0.2, 0) is 6.54 Å². The summed E-state index contributed by atoms with van der Waals surface area (Å²) in [6, 6.07) is 7.83. The SMILES string of the molecule is C#CCOc1ccccc1CNCCC(O)C(C)C. The van der Waals surface area contributed by atoms with Gasteiger partial charge in [-0.05, 0) is 24.9 Å². The van der Waals surface area contributed by atoms with Gasteiger partial charge in [0.05, 0.1) is 6.10 Å². The van der Waals surface area contributed by atoms with Crippen LogP contribution in [-0.4, -0.2) is 24.4 Å². The highest BCUT2D eigenvalue weighted by atomic mass is 16.5. The summed E-state index contributed by atoms with van der Waals surface area (Å²) in [5.74, 6) is 3.58. The van der Waals surface area contributed by atoms with Crippen LogP contribution in [0.4, 0.5) is 0 Å². The monoisotopic (exact) mass is 261 g/mol. The molecule has 2 N–H and O–H groups in total. The number of hydrogen-bond donors (Lipinski definition) is 2. The van der Waals surface area contributed by atoms with Crippen molar-refractivity contribution in [1.82, 2.24) is 5.32 Å². The summed E-state index contributed by atoms with van der Waals surface area (Å²) >= 11 is 0. The van der Waals surface area contributed by atoms with Gasteiger partial charge in [-0.25, -0.2) is 0 Å². The van der Waals surface area contributed by atoms with Crippen LogP contribution in [0.5, 0.6) is 5.75 Å². The molecule has 3 nitrogen and oxygen atoms in total. The van der Waals surface area contributed by atoms with Gasteiger partial charge in [0.1, 0.15) is 12.4 Å². The topological polar surface area (TPSA) is 41.5 Å². The molecular formula is C16H23NO2. The maximum Gasteiger partial charge on any atom is 0.148 e. The predicted octanol–water partition coefficient (Wildman–Crippen LogP) is 2.20. The molecule has 0 aromatic heterocycles. The normalized spacial score (nSPS) is 12.2. The molecule has 0 saturated heterocycles. The van der Waals surface area contributed by atoms with Crippen LogP contribution in [0.15, 0.2) is 24.3 Å². The lowest BCUT2D eigenvalue weighted by Gasteiger charge is -2.15. The highest BCUT2D eigenvalue weighted by Crippen LogP contribution is 2.17. The Morgan fingerprint density at radius 3 is 2.79 bits per heavy atom. The van der Waals surface area contributed by atoms with E-state index in [9.17, 15) is 5.11 Å². The van der Waals surface area contributed by atoms with Crippen molar-refractivity contribution in [3.63, 3.8) is 0 Å². The number of aliphatic hydroxyl groups is 1. The van der Waals surface area contributed by atoms with E-state index in [1.54, 1.807) is 0 Å². The molecule has 0 saturated carbocycles. The lowest BCUT2D eigenvalue weighted by molar-refractivity contribution is 0.116. The number of aliphatic hydroxyl groups excluding tert-OH is 1. The van der Waals surface area contributed by atoms with Crippen molar-refractivity contribution in [2.45, 2.75) is 32.9 Å². The molecule has 0 aliphatic carbocycles. The van der Waals surface area contributed by atoms with Crippen LogP contribution in [0.2, 0.25) is 0 Å². The van der Waals surface area contributed by atoms with Gasteiger partial charge in [-0.3, -0.25) is 0 Å². The fourth-order valence-corrected chi connectivity index (χ4v) is 1.72. The number of terminal acetylenes is 1. The van der Waals surface area contributed by atoms with Gasteiger partial charge in [-0.1, -0.05) is 38.0 Å². The second-order valence-corrected chi connectivity index (χ2v) is 4.88. The molecule has 0 amide bonds. The van der Waals surface area contributed by atoms with Crippen LogP contribution in [0.25, 0.3) is 0 Å². The van der Waals surface area contributed by atoms with Crippen molar-refractivity contribution in [3.05, 3.63) is 29.8 Å². The van der Waals surface area contributed by atoms with Crippen molar-refractivity contribution >= 4 is 0 Å². The summed E-state index contributed by atoms with van der Waals surface area (Å²) in [6.07, 6.45) is 5.70. The Morgan fingerprint density at radius 2 is 2.11 bits per heavy atom. The molecule has 19 heavy (non-hydrogen) atoms. The molecule has 0 heterocycles. The van der Waals surface area contributed by atoms with Gasteiger partial charge in [-0.2, -0.15) is 0 Å². The van der Waals surface area contributed by atoms with Crippen LogP contribution in [0, 0.1) is 18.3 Å². The van der Waals surface area contributed by atoms with Crippen LogP contribution in [0.1, 0.15) is 25.8 Å². The average Bonchev–Trinajstić information content (AvgIpc) is 2.42. The van der Waals surface area contributed by atoms with Crippen molar-refractivity contribution in [3.8, 4) is 18.1 Å². The standard InChI is InChI=1S/C16H23NO2/c1-4-11-19-16-8-6-5-7-14(16)12-17-10-9-15(18)13(2)3/h1,5-8,13,15,17-18H,9-12H2,2-3H3. The molecular weight excluding hydrogens is 238 g/mol. The maximum atomic E-state index is 9.71. The van der Waals surface area contributed by atoms with E-state index in [2.05, 4.69) is 11.2 Å². The highest BCUT2D eigenvalue weighted by Gasteiger charge is 2.08. The highest BCUT2D eigenvalue weighted by molar-refractivity contribution is 5.33. The third-order valence-electron chi connectivity index (χ3n) is 2.99. The number of para-hydroxylation sites is 1. The largest absolute Gasteiger partial charge is 0.481 e. The zero-order chi connectivity index (χ0) is 14.1. The summed E-state index contributed by atoms with van der Waals surface area (Å²) in [4.78, 5) is 0. The summed E-state index contributed by atoms with van der Waals surface area (Å²) in [5.41, 5.74) is 1.08. The minimum atomic E-state index is -0.250. The van der Waals surface area contributed by atoms with E-state index in [1.165, 1.54) is 0 Å². The van der Waals surface area contributed by atoms with Crippen LogP contribution < -0.4 is 10.1 Å². The molecule has 0 aliphatic rings. The smallest absolute Gasteiger partial charge is 0.148 e. The van der Waals surface area contributed by atoms with Gasteiger partial charge >= 0.3 is 0 Å². The van der Waals surface area contributed by atoms with Crippen molar-refractivity contribution in [1.29, 1.82) is 0 Å². The summed E-state index contributed by atoms with van der Waals surface area (Å²) in [5, 5.41) is 13.0. The molecule has 104 valence electrons. The van der Waals surface area contributed by atoms with Gasteiger partial charge in [0.15, 0.2) is 0 Å². The molecule has 0 fully saturated rings. The molecule has 1 unspecified atom stereocenters. The minimum absolute atomic E-state index is 0.250. The number of rotatable bonds is 8. The molecule has 0 spiro atoms. The van der Waals surface area contributed by atoms with E-state index in [1.807, 2.05) is 38.1 Å². The van der Waals surface area contributed by atoms with Gasteiger partial charge in [-0.15, -0.1) is 6.42 Å².